The molecule has 1 atom stereocenters. The summed E-state index contributed by atoms with van der Waals surface area (Å²) in [6.07, 6.45) is -2.18. The van der Waals surface area contributed by atoms with E-state index in [1.807, 2.05) is 0 Å². The van der Waals surface area contributed by atoms with Crippen molar-refractivity contribution in [3.8, 4) is 16.9 Å². The Morgan fingerprint density at radius 2 is 2.00 bits per heavy atom. The fourth-order valence-electron chi connectivity index (χ4n) is 3.19. The topological polar surface area (TPSA) is 59.5 Å². The van der Waals surface area contributed by atoms with Crippen molar-refractivity contribution in [2.75, 3.05) is 20.7 Å². The number of likely N-dealkylation sites (N-methyl/N-ethyl adjacent to an activating group) is 1. The second-order valence-electron chi connectivity index (χ2n) is 6.33. The van der Waals surface area contributed by atoms with E-state index in [9.17, 15) is 22.8 Å². The number of alkyl halides is 3. The number of ether oxygens (including phenoxy) is 1. The second-order valence-corrected chi connectivity index (χ2v) is 6.33. The van der Waals surface area contributed by atoms with Crippen molar-refractivity contribution < 1.29 is 27.5 Å². The molecule has 1 aliphatic rings. The van der Waals surface area contributed by atoms with Crippen LogP contribution in [0.1, 0.15) is 34.0 Å². The predicted molar refractivity (Wildman–Crippen MR) is 91.6 cm³/mol. The van der Waals surface area contributed by atoms with Gasteiger partial charge in [-0.05, 0) is 36.2 Å². The number of aromatic nitrogens is 1. The van der Waals surface area contributed by atoms with Crippen LogP contribution in [-0.2, 0) is 11.0 Å². The first-order valence-corrected chi connectivity index (χ1v) is 8.22. The molecule has 2 aromatic rings. The Morgan fingerprint density at radius 1 is 1.26 bits per heavy atom. The van der Waals surface area contributed by atoms with Crippen LogP contribution in [0.25, 0.3) is 11.1 Å². The normalized spacial score (nSPS) is 17.3. The Hall–Kier alpha value is -2.90. The number of hydrogen-bond acceptors (Lipinski definition) is 4. The van der Waals surface area contributed by atoms with Gasteiger partial charge in [0.1, 0.15) is 5.75 Å². The molecule has 0 radical (unpaired) electrons. The predicted octanol–water partition coefficient (Wildman–Crippen LogP) is 3.53. The highest BCUT2D eigenvalue weighted by molar-refractivity contribution is 5.91. The molecule has 27 heavy (non-hydrogen) atoms. The quantitative estimate of drug-likeness (QED) is 0.764. The van der Waals surface area contributed by atoms with E-state index in [0.29, 0.717) is 24.9 Å². The number of amides is 1. The van der Waals surface area contributed by atoms with E-state index in [4.69, 9.17) is 4.74 Å². The molecule has 1 unspecified atom stereocenters. The van der Waals surface area contributed by atoms with E-state index in [-0.39, 0.29) is 28.3 Å². The molecule has 0 aliphatic carbocycles. The van der Waals surface area contributed by atoms with Crippen LogP contribution in [0, 0.1) is 0 Å². The second kappa shape index (κ2) is 7.02. The molecule has 142 valence electrons. The molecule has 3 rings (SSSR count). The molecular weight excluding hydrogens is 361 g/mol. The summed E-state index contributed by atoms with van der Waals surface area (Å²) in [4.78, 5) is 29.5. The summed E-state index contributed by atoms with van der Waals surface area (Å²) in [7, 11) is 3.02. The number of benzene rings is 1. The van der Waals surface area contributed by atoms with E-state index in [1.165, 1.54) is 25.4 Å². The van der Waals surface area contributed by atoms with Crippen LogP contribution in [0.2, 0.25) is 0 Å². The number of halogens is 3. The molecule has 1 fully saturated rings. The Morgan fingerprint density at radius 3 is 2.56 bits per heavy atom. The van der Waals surface area contributed by atoms with Crippen LogP contribution in [0.5, 0.6) is 5.75 Å². The van der Waals surface area contributed by atoms with E-state index in [0.717, 1.165) is 12.1 Å². The van der Waals surface area contributed by atoms with E-state index in [1.54, 1.807) is 11.9 Å². The molecule has 8 heteroatoms. The van der Waals surface area contributed by atoms with Crippen molar-refractivity contribution in [2.24, 2.45) is 0 Å². The molecule has 1 aliphatic heterocycles. The van der Waals surface area contributed by atoms with Gasteiger partial charge in [0, 0.05) is 30.9 Å². The number of carbonyl (C=O) groups excluding carboxylic acids is 2. The summed E-state index contributed by atoms with van der Waals surface area (Å²) in [5.74, 6) is -0.396. The van der Waals surface area contributed by atoms with Gasteiger partial charge < -0.3 is 9.64 Å². The van der Waals surface area contributed by atoms with Crippen LogP contribution in [0.15, 0.2) is 30.5 Å². The zero-order valence-corrected chi connectivity index (χ0v) is 14.7. The average Bonchev–Trinajstić information content (AvgIpc) is 2.98. The highest BCUT2D eigenvalue weighted by Gasteiger charge is 2.33. The molecule has 1 saturated heterocycles. The lowest BCUT2D eigenvalue weighted by Crippen LogP contribution is -2.22. The minimum Gasteiger partial charge on any atom is -0.496 e. The van der Waals surface area contributed by atoms with Gasteiger partial charge in [-0.1, -0.05) is 0 Å². The van der Waals surface area contributed by atoms with Gasteiger partial charge in [-0.15, -0.1) is 0 Å². The highest BCUT2D eigenvalue weighted by Crippen LogP contribution is 2.39. The summed E-state index contributed by atoms with van der Waals surface area (Å²) in [6.45, 7) is 0.572. The van der Waals surface area contributed by atoms with Crippen molar-refractivity contribution in [3.05, 3.63) is 47.3 Å². The van der Waals surface area contributed by atoms with Gasteiger partial charge in [-0.2, -0.15) is 13.2 Å². The van der Waals surface area contributed by atoms with Crippen molar-refractivity contribution in [3.63, 3.8) is 0 Å². The van der Waals surface area contributed by atoms with Crippen LogP contribution in [0.4, 0.5) is 13.2 Å². The molecule has 0 spiro atoms. The Kier molecular flexibility index (Phi) is 4.91. The third-order valence-corrected chi connectivity index (χ3v) is 4.68. The molecule has 1 aromatic heterocycles. The average molecular weight is 378 g/mol. The third kappa shape index (κ3) is 3.51. The van der Waals surface area contributed by atoms with Gasteiger partial charge >= 0.3 is 6.18 Å². The number of carbonyl (C=O) groups is 2. The van der Waals surface area contributed by atoms with Crippen molar-refractivity contribution in [1.82, 2.24) is 9.88 Å². The van der Waals surface area contributed by atoms with Crippen LogP contribution < -0.4 is 4.74 Å². The summed E-state index contributed by atoms with van der Waals surface area (Å²) in [5.41, 5.74) is 0.0574. The molecule has 0 N–H and O–H groups in total. The Bertz CT molecular complexity index is 896. The van der Waals surface area contributed by atoms with Gasteiger partial charge in [-0.3, -0.25) is 14.6 Å². The highest BCUT2D eigenvalue weighted by atomic mass is 19.4. The lowest BCUT2D eigenvalue weighted by atomic mass is 9.94. The molecular formula is C19H17F3N2O3. The number of pyridine rings is 1. The summed E-state index contributed by atoms with van der Waals surface area (Å²) >= 11 is 0. The molecule has 1 aromatic carbocycles. The van der Waals surface area contributed by atoms with Gasteiger partial charge in [-0.25, -0.2) is 0 Å². The monoisotopic (exact) mass is 378 g/mol. The number of rotatable bonds is 4. The molecule has 5 nitrogen and oxygen atoms in total. The minimum absolute atomic E-state index is 0.108. The van der Waals surface area contributed by atoms with Crippen LogP contribution >= 0.6 is 0 Å². The SMILES string of the molecule is COc1ccc(C(F)(F)F)cc1-c1cc(C2CCN(C)C2=O)ncc1C=O. The standard InChI is InChI=1S/C19H17F3N2O3/c1-24-6-5-13(18(24)26)16-8-14(11(10-25)9-23-16)15-7-12(19(20,21)22)3-4-17(15)27-2/h3-4,7-10,13H,5-6H2,1-2H3. The maximum atomic E-state index is 13.1. The first kappa shape index (κ1) is 18.9. The number of likely N-dealkylation sites (tertiary alicyclic amines) is 1. The van der Waals surface area contributed by atoms with Gasteiger partial charge in [0.2, 0.25) is 5.91 Å². The largest absolute Gasteiger partial charge is 0.496 e. The maximum Gasteiger partial charge on any atom is 0.416 e. The molecule has 0 saturated carbocycles. The van der Waals surface area contributed by atoms with E-state index in [2.05, 4.69) is 4.98 Å². The summed E-state index contributed by atoms with van der Waals surface area (Å²) < 4.78 is 44.6. The van der Waals surface area contributed by atoms with E-state index >= 15 is 0 Å². The Balaban J connectivity index is 2.17. The first-order chi connectivity index (χ1) is 12.8. The van der Waals surface area contributed by atoms with E-state index < -0.39 is 17.7 Å². The van der Waals surface area contributed by atoms with Crippen molar-refractivity contribution in [1.29, 1.82) is 0 Å². The lowest BCUT2D eigenvalue weighted by Gasteiger charge is -2.16. The van der Waals surface area contributed by atoms with Crippen molar-refractivity contribution >= 4 is 12.2 Å². The van der Waals surface area contributed by atoms with Gasteiger partial charge in [0.15, 0.2) is 6.29 Å². The molecule has 0 bridgehead atoms. The first-order valence-electron chi connectivity index (χ1n) is 8.22. The number of hydrogen-bond donors (Lipinski definition) is 0. The lowest BCUT2D eigenvalue weighted by molar-refractivity contribution is -0.137. The molecule has 2 heterocycles. The Labute approximate surface area is 153 Å². The molecule has 1 amide bonds. The number of aldehydes is 1. The number of methoxy groups -OCH3 is 1. The van der Waals surface area contributed by atoms with Crippen LogP contribution in [0.3, 0.4) is 0 Å². The van der Waals surface area contributed by atoms with Crippen LogP contribution in [-0.4, -0.2) is 42.8 Å². The minimum atomic E-state index is -4.54. The number of nitrogens with zero attached hydrogens (tertiary/aromatic N) is 2. The zero-order valence-electron chi connectivity index (χ0n) is 14.7. The van der Waals surface area contributed by atoms with Gasteiger partial charge in [0.05, 0.1) is 24.3 Å². The fourth-order valence-corrected chi connectivity index (χ4v) is 3.19. The van der Waals surface area contributed by atoms with Gasteiger partial charge in [0.25, 0.3) is 0 Å². The zero-order chi connectivity index (χ0) is 19.8. The smallest absolute Gasteiger partial charge is 0.416 e. The third-order valence-electron chi connectivity index (χ3n) is 4.68. The maximum absolute atomic E-state index is 13.1. The summed E-state index contributed by atoms with van der Waals surface area (Å²) in [5, 5.41) is 0. The van der Waals surface area contributed by atoms with Crippen molar-refractivity contribution in [2.45, 2.75) is 18.5 Å². The summed E-state index contributed by atoms with van der Waals surface area (Å²) in [6, 6.07) is 4.57. The fraction of sp³-hybridized carbons (Fsp3) is 0.316.